The van der Waals surface area contributed by atoms with E-state index in [-0.39, 0.29) is 30.7 Å². The second-order valence-electron chi connectivity index (χ2n) is 12.5. The van der Waals surface area contributed by atoms with Gasteiger partial charge in [0.25, 0.3) is 17.4 Å². The van der Waals surface area contributed by atoms with Gasteiger partial charge in [0.15, 0.2) is 0 Å². The number of ether oxygens (including phenoxy) is 7. The highest BCUT2D eigenvalue weighted by Crippen LogP contribution is 2.60. The van der Waals surface area contributed by atoms with Crippen molar-refractivity contribution in [3.05, 3.63) is 0 Å². The molecule has 5 unspecified atom stereocenters. The molecule has 0 saturated heterocycles. The molecule has 9 nitrogen and oxygen atoms in total. The molecule has 2 saturated carbocycles. The third-order valence-electron chi connectivity index (χ3n) is 6.71. The van der Waals surface area contributed by atoms with E-state index in [1.807, 2.05) is 55.4 Å². The zero-order chi connectivity index (χ0) is 29.5. The summed E-state index contributed by atoms with van der Waals surface area (Å²) in [5.74, 6) is -6.28. The second kappa shape index (κ2) is 14.2. The van der Waals surface area contributed by atoms with E-state index in [2.05, 4.69) is 20.8 Å². The molecule has 39 heavy (non-hydrogen) atoms. The van der Waals surface area contributed by atoms with Crippen molar-refractivity contribution >= 4 is 0 Å². The van der Waals surface area contributed by atoms with Crippen molar-refractivity contribution in [2.45, 2.75) is 162 Å². The highest BCUT2D eigenvalue weighted by molar-refractivity contribution is 5.15. The van der Waals surface area contributed by atoms with Crippen LogP contribution in [0, 0.1) is 5.92 Å². The van der Waals surface area contributed by atoms with Crippen LogP contribution in [0.4, 0.5) is 0 Å². The summed E-state index contributed by atoms with van der Waals surface area (Å²) >= 11 is 0. The van der Waals surface area contributed by atoms with Crippen LogP contribution in [0.25, 0.3) is 0 Å². The quantitative estimate of drug-likeness (QED) is 0.105. The van der Waals surface area contributed by atoms with E-state index in [0.717, 1.165) is 19.3 Å². The molecule has 0 aromatic carbocycles. The summed E-state index contributed by atoms with van der Waals surface area (Å²) in [6.07, 6.45) is 3.06. The van der Waals surface area contributed by atoms with Crippen molar-refractivity contribution in [2.24, 2.45) is 5.92 Å². The van der Waals surface area contributed by atoms with Gasteiger partial charge in [-0.3, -0.25) is 0 Å². The Labute approximate surface area is 237 Å². The van der Waals surface area contributed by atoms with Crippen LogP contribution in [0.5, 0.6) is 0 Å². The zero-order valence-corrected chi connectivity index (χ0v) is 26.8. The third-order valence-corrected chi connectivity index (χ3v) is 6.71. The van der Waals surface area contributed by atoms with E-state index in [1.165, 1.54) is 0 Å². The Bertz CT molecular complexity index is 722. The number of methoxy groups -OCH3 is 1. The molecule has 0 aromatic heterocycles. The standard InChI is InChI=1S/C30H58O9/c1-13-20-33-29(35-23(6)7)27(31-12,32-15-3)18-19-28(34-21-22(4)5,39-38-26(9,10)11)30(29,36-24(8)14-2)37-25-16-17-25/h22-25H,13-21H2,1-12H3. The van der Waals surface area contributed by atoms with Crippen molar-refractivity contribution in [1.82, 2.24) is 0 Å². The predicted molar refractivity (Wildman–Crippen MR) is 149 cm³/mol. The molecule has 0 N–H and O–H groups in total. The maximum absolute atomic E-state index is 7.05. The maximum Gasteiger partial charge on any atom is 0.289 e. The Kier molecular flexibility index (Phi) is 12.7. The molecular formula is C30H58O9. The first-order chi connectivity index (χ1) is 18.2. The highest BCUT2D eigenvalue weighted by Gasteiger charge is 2.83. The number of hydrogen-bond donors (Lipinski definition) is 0. The molecule has 0 spiro atoms. The van der Waals surface area contributed by atoms with E-state index < -0.39 is 28.7 Å². The predicted octanol–water partition coefficient (Wildman–Crippen LogP) is 6.51. The van der Waals surface area contributed by atoms with Crippen molar-refractivity contribution in [3.63, 3.8) is 0 Å². The average molecular weight is 563 g/mol. The van der Waals surface area contributed by atoms with Crippen LogP contribution < -0.4 is 0 Å². The summed E-state index contributed by atoms with van der Waals surface area (Å²) < 4.78 is 47.4. The normalized spacial score (nSPS) is 32.8. The van der Waals surface area contributed by atoms with Gasteiger partial charge >= 0.3 is 0 Å². The van der Waals surface area contributed by atoms with Gasteiger partial charge in [-0.1, -0.05) is 27.7 Å². The van der Waals surface area contributed by atoms with Crippen LogP contribution in [0.2, 0.25) is 0 Å². The summed E-state index contributed by atoms with van der Waals surface area (Å²) in [5.41, 5.74) is -0.641. The molecule has 232 valence electrons. The van der Waals surface area contributed by atoms with Gasteiger partial charge in [-0.05, 0) is 80.1 Å². The van der Waals surface area contributed by atoms with Crippen LogP contribution in [-0.2, 0) is 42.9 Å². The fourth-order valence-electron chi connectivity index (χ4n) is 4.77. The highest BCUT2D eigenvalue weighted by atomic mass is 17.2. The molecule has 5 atom stereocenters. The lowest BCUT2D eigenvalue weighted by Crippen LogP contribution is -2.85. The van der Waals surface area contributed by atoms with Gasteiger partial charge < -0.3 is 33.2 Å². The first kappa shape index (κ1) is 34.8. The minimum absolute atomic E-state index is 0.107. The SMILES string of the molecule is CCCOC1(OC(C)C)C(OC)(OCC)CCC(OCC(C)C)(OOC(C)(C)C)C1(OC(C)CC)OC1CC1. The van der Waals surface area contributed by atoms with Gasteiger partial charge in [-0.2, -0.15) is 4.89 Å². The fourth-order valence-corrected chi connectivity index (χ4v) is 4.77. The molecular weight excluding hydrogens is 504 g/mol. The summed E-state index contributed by atoms with van der Waals surface area (Å²) in [6.45, 7) is 23.0. The average Bonchev–Trinajstić information content (AvgIpc) is 3.67. The van der Waals surface area contributed by atoms with Crippen molar-refractivity contribution in [3.8, 4) is 0 Å². The van der Waals surface area contributed by atoms with Crippen LogP contribution >= 0.6 is 0 Å². The monoisotopic (exact) mass is 562 g/mol. The van der Waals surface area contributed by atoms with Crippen molar-refractivity contribution < 1.29 is 42.9 Å². The van der Waals surface area contributed by atoms with Gasteiger partial charge in [0, 0.05) is 26.6 Å². The molecule has 0 heterocycles. The number of rotatable bonds is 18. The van der Waals surface area contributed by atoms with E-state index in [0.29, 0.717) is 32.7 Å². The first-order valence-electron chi connectivity index (χ1n) is 15.1. The lowest BCUT2D eigenvalue weighted by molar-refractivity contribution is -0.607. The molecule has 2 fully saturated rings. The lowest BCUT2D eigenvalue weighted by Gasteiger charge is -2.64. The van der Waals surface area contributed by atoms with Gasteiger partial charge in [0.1, 0.15) is 0 Å². The first-order valence-corrected chi connectivity index (χ1v) is 15.1. The molecule has 2 aliphatic rings. The smallest absolute Gasteiger partial charge is 0.289 e. The summed E-state index contributed by atoms with van der Waals surface area (Å²) in [5, 5.41) is 0. The van der Waals surface area contributed by atoms with Crippen LogP contribution in [-0.4, -0.2) is 74.0 Å². The molecule has 2 aliphatic carbocycles. The maximum atomic E-state index is 7.05. The van der Waals surface area contributed by atoms with Crippen molar-refractivity contribution in [1.29, 1.82) is 0 Å². The van der Waals surface area contributed by atoms with Gasteiger partial charge in [-0.25, -0.2) is 4.89 Å². The zero-order valence-electron chi connectivity index (χ0n) is 26.8. The summed E-state index contributed by atoms with van der Waals surface area (Å²) in [7, 11) is 1.61. The minimum atomic E-state index is -1.78. The largest absolute Gasteiger partial charge is 0.349 e. The summed E-state index contributed by atoms with van der Waals surface area (Å²) in [4.78, 5) is 12.5. The fraction of sp³-hybridized carbons (Fsp3) is 1.00. The van der Waals surface area contributed by atoms with E-state index in [9.17, 15) is 0 Å². The third kappa shape index (κ3) is 7.73. The Morgan fingerprint density at radius 1 is 0.821 bits per heavy atom. The minimum Gasteiger partial charge on any atom is -0.349 e. The molecule has 0 aromatic rings. The van der Waals surface area contributed by atoms with Gasteiger partial charge in [0.05, 0.1) is 37.1 Å². The molecule has 9 heteroatoms. The molecule has 2 rings (SSSR count). The molecule has 0 aliphatic heterocycles. The molecule has 0 bridgehead atoms. The molecule has 0 amide bonds. The van der Waals surface area contributed by atoms with Crippen molar-refractivity contribution in [2.75, 3.05) is 26.9 Å². The summed E-state index contributed by atoms with van der Waals surface area (Å²) in [6, 6.07) is 0. The lowest BCUT2D eigenvalue weighted by atomic mass is 9.76. The van der Waals surface area contributed by atoms with E-state index in [1.54, 1.807) is 7.11 Å². The topological polar surface area (TPSA) is 83.1 Å². The second-order valence-corrected chi connectivity index (χ2v) is 12.5. The van der Waals surface area contributed by atoms with E-state index >= 15 is 0 Å². The Hall–Kier alpha value is -0.360. The Balaban J connectivity index is 3.01. The molecule has 0 radical (unpaired) electrons. The van der Waals surface area contributed by atoms with Crippen LogP contribution in [0.1, 0.15) is 115 Å². The number of hydrogen-bond acceptors (Lipinski definition) is 9. The van der Waals surface area contributed by atoms with Gasteiger partial charge in [-0.15, -0.1) is 0 Å². The van der Waals surface area contributed by atoms with Gasteiger partial charge in [0.2, 0.25) is 5.79 Å². The van der Waals surface area contributed by atoms with Crippen LogP contribution in [0.3, 0.4) is 0 Å². The van der Waals surface area contributed by atoms with E-state index in [4.69, 9.17) is 42.9 Å². The Morgan fingerprint density at radius 2 is 1.46 bits per heavy atom. The van der Waals surface area contributed by atoms with Crippen LogP contribution in [0.15, 0.2) is 0 Å². The Morgan fingerprint density at radius 3 is 1.92 bits per heavy atom.